The average molecular weight is 310 g/mol. The second-order valence-corrected chi connectivity index (χ2v) is 10.4. The number of hydrogen-bond acceptors (Lipinski definition) is 2. The minimum atomic E-state index is 0.182. The van der Waals surface area contributed by atoms with Gasteiger partial charge in [-0.1, -0.05) is 25.4 Å². The molecule has 4 aliphatic carbocycles. The molecule has 4 saturated carbocycles. The van der Waals surface area contributed by atoms with Crippen LogP contribution in [0.4, 0.5) is 0 Å². The summed E-state index contributed by atoms with van der Waals surface area (Å²) >= 11 is 7.81. The van der Waals surface area contributed by atoms with Gasteiger partial charge in [-0.25, -0.2) is 0 Å². The van der Waals surface area contributed by atoms with Crippen molar-refractivity contribution in [1.29, 1.82) is 0 Å². The van der Waals surface area contributed by atoms with E-state index in [1.165, 1.54) is 43.4 Å². The van der Waals surface area contributed by atoms with Crippen LogP contribution in [0.15, 0.2) is 12.1 Å². The van der Waals surface area contributed by atoms with Crippen molar-refractivity contribution in [2.24, 2.45) is 27.9 Å². The molecular weight excluding hydrogens is 286 g/mol. The predicted molar refractivity (Wildman–Crippen MR) is 86.1 cm³/mol. The molecule has 1 heterocycles. The topological polar surface area (TPSA) is 26.0 Å². The third kappa shape index (κ3) is 1.91. The molecule has 5 rings (SSSR count). The number of thiophene rings is 1. The first-order valence-corrected chi connectivity index (χ1v) is 9.02. The van der Waals surface area contributed by atoms with Gasteiger partial charge in [0, 0.05) is 10.9 Å². The Morgan fingerprint density at radius 3 is 2.30 bits per heavy atom. The lowest BCUT2D eigenvalue weighted by Crippen LogP contribution is -2.57. The van der Waals surface area contributed by atoms with Crippen LogP contribution in [0.3, 0.4) is 0 Å². The molecule has 4 bridgehead atoms. The van der Waals surface area contributed by atoms with E-state index in [1.54, 1.807) is 11.3 Å². The summed E-state index contributed by atoms with van der Waals surface area (Å²) in [6.45, 7) is 5.03. The summed E-state index contributed by atoms with van der Waals surface area (Å²) in [5.41, 5.74) is 8.18. The van der Waals surface area contributed by atoms with Gasteiger partial charge in [-0.2, -0.15) is 0 Å². The molecule has 0 amide bonds. The van der Waals surface area contributed by atoms with Crippen molar-refractivity contribution in [2.75, 3.05) is 0 Å². The van der Waals surface area contributed by atoms with Crippen LogP contribution in [0.2, 0.25) is 4.34 Å². The lowest BCUT2D eigenvalue weighted by atomic mass is 9.39. The van der Waals surface area contributed by atoms with Crippen molar-refractivity contribution in [1.82, 2.24) is 0 Å². The van der Waals surface area contributed by atoms with Gasteiger partial charge in [0.25, 0.3) is 0 Å². The van der Waals surface area contributed by atoms with Gasteiger partial charge in [-0.15, -0.1) is 11.3 Å². The van der Waals surface area contributed by atoms with Crippen LogP contribution in [0, 0.1) is 22.2 Å². The summed E-state index contributed by atoms with van der Waals surface area (Å²) in [4.78, 5) is 1.30. The molecule has 110 valence electrons. The van der Waals surface area contributed by atoms with E-state index in [0.29, 0.717) is 16.2 Å². The van der Waals surface area contributed by atoms with Crippen molar-refractivity contribution in [2.45, 2.75) is 58.4 Å². The summed E-state index contributed by atoms with van der Waals surface area (Å²) in [5.74, 6) is 0.905. The zero-order chi connectivity index (χ0) is 14.2. The lowest BCUT2D eigenvalue weighted by Gasteiger charge is -2.66. The number of hydrogen-bond donors (Lipinski definition) is 1. The fraction of sp³-hybridized carbons (Fsp3) is 0.765. The quantitative estimate of drug-likeness (QED) is 0.778. The van der Waals surface area contributed by atoms with Gasteiger partial charge in [-0.05, 0) is 72.8 Å². The average Bonchev–Trinajstić information content (AvgIpc) is 2.69. The van der Waals surface area contributed by atoms with E-state index >= 15 is 0 Å². The van der Waals surface area contributed by atoms with E-state index in [1.807, 2.05) is 6.07 Å². The summed E-state index contributed by atoms with van der Waals surface area (Å²) in [6.07, 6.45) is 8.26. The Morgan fingerprint density at radius 1 is 1.15 bits per heavy atom. The number of rotatable bonds is 2. The van der Waals surface area contributed by atoms with Crippen LogP contribution in [0.25, 0.3) is 0 Å². The largest absolute Gasteiger partial charge is 0.323 e. The van der Waals surface area contributed by atoms with Crippen molar-refractivity contribution < 1.29 is 0 Å². The van der Waals surface area contributed by atoms with E-state index in [4.69, 9.17) is 17.3 Å². The predicted octanol–water partition coefficient (Wildman–Crippen LogP) is 5.40. The van der Waals surface area contributed by atoms with Gasteiger partial charge >= 0.3 is 0 Å². The molecule has 1 aromatic heterocycles. The Bertz CT molecular complexity index is 533. The Hall–Kier alpha value is -0.0500. The second kappa shape index (κ2) is 4.02. The second-order valence-electron chi connectivity index (χ2n) is 8.61. The zero-order valence-electron chi connectivity index (χ0n) is 12.4. The van der Waals surface area contributed by atoms with E-state index in [9.17, 15) is 0 Å². The van der Waals surface area contributed by atoms with Crippen LogP contribution in [0.1, 0.15) is 63.3 Å². The SMILES string of the molecule is CC12CC3CC(C)(C1)CC(C(N)c1ccc(Cl)s1)(C3)C2. The van der Waals surface area contributed by atoms with Crippen molar-refractivity contribution in [3.05, 3.63) is 21.3 Å². The zero-order valence-corrected chi connectivity index (χ0v) is 14.0. The maximum absolute atomic E-state index is 6.78. The molecule has 0 spiro atoms. The van der Waals surface area contributed by atoms with Crippen LogP contribution < -0.4 is 5.73 Å². The van der Waals surface area contributed by atoms with Crippen LogP contribution >= 0.6 is 22.9 Å². The van der Waals surface area contributed by atoms with Crippen molar-refractivity contribution >= 4 is 22.9 Å². The van der Waals surface area contributed by atoms with Gasteiger partial charge < -0.3 is 5.73 Å². The van der Waals surface area contributed by atoms with E-state index in [0.717, 1.165) is 10.3 Å². The molecule has 20 heavy (non-hydrogen) atoms. The molecule has 0 saturated heterocycles. The minimum absolute atomic E-state index is 0.182. The van der Waals surface area contributed by atoms with Gasteiger partial charge in [0.15, 0.2) is 0 Å². The molecule has 0 radical (unpaired) electrons. The fourth-order valence-electron chi connectivity index (χ4n) is 6.68. The van der Waals surface area contributed by atoms with Gasteiger partial charge in [-0.3, -0.25) is 0 Å². The number of nitrogens with two attached hydrogens (primary N) is 1. The molecule has 2 N–H and O–H groups in total. The maximum Gasteiger partial charge on any atom is 0.0931 e. The lowest BCUT2D eigenvalue weighted by molar-refractivity contribution is -0.154. The highest BCUT2D eigenvalue weighted by Crippen LogP contribution is 2.72. The highest BCUT2D eigenvalue weighted by atomic mass is 35.5. The molecule has 0 aromatic carbocycles. The molecule has 4 aliphatic rings. The molecule has 1 nitrogen and oxygen atoms in total. The standard InChI is InChI=1S/C17H24ClNS/c1-15-5-11-6-16(2,8-15)10-17(7-11,9-15)14(19)12-3-4-13(18)20-12/h3-4,11,14H,5-10,19H2,1-2H3. The number of halogens is 1. The molecule has 1 aromatic rings. The smallest absolute Gasteiger partial charge is 0.0931 e. The molecule has 3 atom stereocenters. The minimum Gasteiger partial charge on any atom is -0.323 e. The third-order valence-electron chi connectivity index (χ3n) is 6.23. The van der Waals surface area contributed by atoms with Gasteiger partial charge in [0.2, 0.25) is 0 Å². The summed E-state index contributed by atoms with van der Waals surface area (Å²) in [7, 11) is 0. The van der Waals surface area contributed by atoms with Crippen LogP contribution in [-0.4, -0.2) is 0 Å². The Kier molecular flexibility index (Phi) is 2.74. The Morgan fingerprint density at radius 2 is 1.80 bits per heavy atom. The molecule has 3 heteroatoms. The molecule has 0 aliphatic heterocycles. The highest BCUT2D eigenvalue weighted by Gasteiger charge is 2.61. The summed E-state index contributed by atoms with van der Waals surface area (Å²) < 4.78 is 0.873. The Labute approximate surface area is 130 Å². The first-order chi connectivity index (χ1) is 9.32. The molecule has 3 unspecified atom stereocenters. The third-order valence-corrected chi connectivity index (χ3v) is 7.54. The molecule has 4 fully saturated rings. The first kappa shape index (κ1) is 13.6. The molecular formula is C17H24ClNS. The van der Waals surface area contributed by atoms with E-state index < -0.39 is 0 Å². The summed E-state index contributed by atoms with van der Waals surface area (Å²) in [6, 6.07) is 4.34. The van der Waals surface area contributed by atoms with Crippen LogP contribution in [-0.2, 0) is 0 Å². The fourth-order valence-corrected chi connectivity index (χ4v) is 7.88. The Balaban J connectivity index is 1.73. The van der Waals surface area contributed by atoms with E-state index in [-0.39, 0.29) is 6.04 Å². The van der Waals surface area contributed by atoms with Gasteiger partial charge in [0.05, 0.1) is 4.34 Å². The maximum atomic E-state index is 6.78. The normalized spacial score (nSPS) is 47.7. The van der Waals surface area contributed by atoms with E-state index in [2.05, 4.69) is 19.9 Å². The highest BCUT2D eigenvalue weighted by molar-refractivity contribution is 7.16. The summed E-state index contributed by atoms with van der Waals surface area (Å²) in [5, 5.41) is 0. The monoisotopic (exact) mass is 309 g/mol. The van der Waals surface area contributed by atoms with Crippen LogP contribution in [0.5, 0.6) is 0 Å². The first-order valence-electron chi connectivity index (χ1n) is 7.83. The van der Waals surface area contributed by atoms with Crippen molar-refractivity contribution in [3.8, 4) is 0 Å². The van der Waals surface area contributed by atoms with Crippen molar-refractivity contribution in [3.63, 3.8) is 0 Å². The van der Waals surface area contributed by atoms with Gasteiger partial charge in [0.1, 0.15) is 0 Å².